The van der Waals surface area contributed by atoms with Crippen LogP contribution in [0.25, 0.3) is 10.8 Å². The summed E-state index contributed by atoms with van der Waals surface area (Å²) >= 11 is 0. The lowest BCUT2D eigenvalue weighted by atomic mass is 9.87. The van der Waals surface area contributed by atoms with Crippen molar-refractivity contribution in [2.45, 2.75) is 19.1 Å². The van der Waals surface area contributed by atoms with Crippen LogP contribution in [0.3, 0.4) is 0 Å². The molecule has 0 saturated carbocycles. The summed E-state index contributed by atoms with van der Waals surface area (Å²) < 4.78 is 16.6. The minimum Gasteiger partial charge on any atom is -0.497 e. The van der Waals surface area contributed by atoms with Gasteiger partial charge in [0, 0.05) is 5.92 Å². The summed E-state index contributed by atoms with van der Waals surface area (Å²) in [5.41, 5.74) is 1.38. The summed E-state index contributed by atoms with van der Waals surface area (Å²) in [5, 5.41) is 2.49. The molecular formula is C18H20O3. The van der Waals surface area contributed by atoms with Crippen molar-refractivity contribution in [3.8, 4) is 5.75 Å². The second-order valence-electron chi connectivity index (χ2n) is 6.04. The number of hydrogen-bond acceptors (Lipinski definition) is 3. The van der Waals surface area contributed by atoms with Gasteiger partial charge in [-0.05, 0) is 47.2 Å². The minimum absolute atomic E-state index is 0.0553. The standard InChI is InChI=1S/C18H20O3/c1-19-16-5-4-13-8-12(2-3-14(13)10-16)9-15-11-21-18-17(15)6-7-20-18/h2-5,8,10,15,17-18H,6-7,9,11H2,1H3/t15-,17-,18+/m0/s1. The van der Waals surface area contributed by atoms with E-state index in [2.05, 4.69) is 30.3 Å². The van der Waals surface area contributed by atoms with Gasteiger partial charge < -0.3 is 14.2 Å². The number of ether oxygens (including phenoxy) is 3. The summed E-state index contributed by atoms with van der Waals surface area (Å²) in [6.07, 6.45) is 2.27. The molecule has 2 aliphatic rings. The van der Waals surface area contributed by atoms with Crippen molar-refractivity contribution in [1.29, 1.82) is 0 Å². The number of methoxy groups -OCH3 is 1. The Kier molecular flexibility index (Phi) is 3.32. The zero-order valence-corrected chi connectivity index (χ0v) is 12.2. The Hall–Kier alpha value is -1.58. The summed E-state index contributed by atoms with van der Waals surface area (Å²) in [5.74, 6) is 2.08. The lowest BCUT2D eigenvalue weighted by molar-refractivity contribution is -0.0905. The van der Waals surface area contributed by atoms with Crippen molar-refractivity contribution < 1.29 is 14.2 Å². The van der Waals surface area contributed by atoms with Crippen LogP contribution in [0.15, 0.2) is 36.4 Å². The number of benzene rings is 2. The van der Waals surface area contributed by atoms with Gasteiger partial charge in [-0.2, -0.15) is 0 Å². The fraction of sp³-hybridized carbons (Fsp3) is 0.444. The first-order valence-electron chi connectivity index (χ1n) is 7.63. The fourth-order valence-electron chi connectivity index (χ4n) is 3.59. The molecule has 0 aliphatic carbocycles. The summed E-state index contributed by atoms with van der Waals surface area (Å²) in [6.45, 7) is 1.68. The molecule has 2 aromatic rings. The van der Waals surface area contributed by atoms with Crippen LogP contribution in [0.1, 0.15) is 12.0 Å². The third-order valence-electron chi connectivity index (χ3n) is 4.77. The maximum atomic E-state index is 5.74. The fourth-order valence-corrected chi connectivity index (χ4v) is 3.59. The van der Waals surface area contributed by atoms with Crippen LogP contribution in [0.5, 0.6) is 5.75 Å². The summed E-state index contributed by atoms with van der Waals surface area (Å²) in [4.78, 5) is 0. The molecular weight excluding hydrogens is 264 g/mol. The van der Waals surface area contributed by atoms with Crippen molar-refractivity contribution in [2.75, 3.05) is 20.3 Å². The van der Waals surface area contributed by atoms with E-state index in [0.29, 0.717) is 11.8 Å². The molecule has 3 atom stereocenters. The van der Waals surface area contributed by atoms with Crippen LogP contribution in [0.4, 0.5) is 0 Å². The predicted molar refractivity (Wildman–Crippen MR) is 81.5 cm³/mol. The van der Waals surface area contributed by atoms with Gasteiger partial charge in [-0.15, -0.1) is 0 Å². The molecule has 3 nitrogen and oxygen atoms in total. The molecule has 0 N–H and O–H groups in total. The van der Waals surface area contributed by atoms with Crippen LogP contribution in [-0.4, -0.2) is 26.6 Å². The van der Waals surface area contributed by atoms with E-state index in [1.807, 2.05) is 6.07 Å². The Labute approximate surface area is 124 Å². The molecule has 0 bridgehead atoms. The van der Waals surface area contributed by atoms with Crippen molar-refractivity contribution in [3.05, 3.63) is 42.0 Å². The van der Waals surface area contributed by atoms with E-state index in [1.54, 1.807) is 7.11 Å². The minimum atomic E-state index is 0.0553. The molecule has 2 aliphatic heterocycles. The molecule has 0 aromatic heterocycles. The topological polar surface area (TPSA) is 27.7 Å². The maximum absolute atomic E-state index is 5.74. The number of hydrogen-bond donors (Lipinski definition) is 0. The molecule has 110 valence electrons. The van der Waals surface area contributed by atoms with Gasteiger partial charge in [0.1, 0.15) is 5.75 Å². The van der Waals surface area contributed by atoms with E-state index in [4.69, 9.17) is 14.2 Å². The Morgan fingerprint density at radius 1 is 1.10 bits per heavy atom. The van der Waals surface area contributed by atoms with Gasteiger partial charge in [0.2, 0.25) is 0 Å². The first-order chi connectivity index (χ1) is 10.3. The molecule has 3 heteroatoms. The summed E-state index contributed by atoms with van der Waals surface area (Å²) in [7, 11) is 1.70. The molecule has 2 heterocycles. The Morgan fingerprint density at radius 2 is 1.95 bits per heavy atom. The van der Waals surface area contributed by atoms with E-state index in [1.165, 1.54) is 16.3 Å². The molecule has 0 unspecified atom stereocenters. The van der Waals surface area contributed by atoms with Crippen molar-refractivity contribution in [1.82, 2.24) is 0 Å². The molecule has 2 saturated heterocycles. The molecule has 4 rings (SSSR count). The Bertz CT molecular complexity index is 652. The molecule has 0 amide bonds. The van der Waals surface area contributed by atoms with Crippen LogP contribution < -0.4 is 4.74 Å². The Morgan fingerprint density at radius 3 is 2.86 bits per heavy atom. The van der Waals surface area contributed by atoms with Gasteiger partial charge in [-0.3, -0.25) is 0 Å². The van der Waals surface area contributed by atoms with Gasteiger partial charge in [0.15, 0.2) is 6.29 Å². The van der Waals surface area contributed by atoms with Crippen LogP contribution in [-0.2, 0) is 15.9 Å². The van der Waals surface area contributed by atoms with Gasteiger partial charge in [-0.25, -0.2) is 0 Å². The predicted octanol–water partition coefficient (Wildman–Crippen LogP) is 3.40. The third kappa shape index (κ3) is 2.41. The van der Waals surface area contributed by atoms with Crippen molar-refractivity contribution in [2.24, 2.45) is 11.8 Å². The highest BCUT2D eigenvalue weighted by molar-refractivity contribution is 5.84. The lowest BCUT2D eigenvalue weighted by Crippen LogP contribution is -2.16. The average molecular weight is 284 g/mol. The van der Waals surface area contributed by atoms with E-state index in [-0.39, 0.29) is 6.29 Å². The molecule has 2 fully saturated rings. The Balaban J connectivity index is 1.56. The van der Waals surface area contributed by atoms with E-state index < -0.39 is 0 Å². The smallest absolute Gasteiger partial charge is 0.160 e. The van der Waals surface area contributed by atoms with Gasteiger partial charge in [-0.1, -0.05) is 24.3 Å². The maximum Gasteiger partial charge on any atom is 0.160 e. The van der Waals surface area contributed by atoms with Gasteiger partial charge >= 0.3 is 0 Å². The van der Waals surface area contributed by atoms with E-state index in [9.17, 15) is 0 Å². The molecule has 0 radical (unpaired) electrons. The first kappa shape index (κ1) is 13.1. The van der Waals surface area contributed by atoms with E-state index in [0.717, 1.165) is 31.8 Å². The monoisotopic (exact) mass is 284 g/mol. The molecule has 0 spiro atoms. The van der Waals surface area contributed by atoms with Gasteiger partial charge in [0.05, 0.1) is 20.3 Å². The molecule has 2 aromatic carbocycles. The van der Waals surface area contributed by atoms with Crippen LogP contribution in [0.2, 0.25) is 0 Å². The third-order valence-corrected chi connectivity index (χ3v) is 4.77. The molecule has 21 heavy (non-hydrogen) atoms. The zero-order valence-electron chi connectivity index (χ0n) is 12.2. The van der Waals surface area contributed by atoms with E-state index >= 15 is 0 Å². The number of fused-ring (bicyclic) bond motifs is 2. The zero-order chi connectivity index (χ0) is 14.2. The lowest BCUT2D eigenvalue weighted by Gasteiger charge is -2.15. The van der Waals surface area contributed by atoms with Crippen molar-refractivity contribution >= 4 is 10.8 Å². The van der Waals surface area contributed by atoms with Crippen molar-refractivity contribution in [3.63, 3.8) is 0 Å². The quantitative estimate of drug-likeness (QED) is 0.864. The normalized spacial score (nSPS) is 28.0. The van der Waals surface area contributed by atoms with Gasteiger partial charge in [0.25, 0.3) is 0 Å². The number of rotatable bonds is 3. The summed E-state index contributed by atoms with van der Waals surface area (Å²) in [6, 6.07) is 12.9. The van der Waals surface area contributed by atoms with Crippen LogP contribution >= 0.6 is 0 Å². The first-order valence-corrected chi connectivity index (χ1v) is 7.63. The highest BCUT2D eigenvalue weighted by atomic mass is 16.7. The van der Waals surface area contributed by atoms with Crippen LogP contribution in [0, 0.1) is 11.8 Å². The second-order valence-corrected chi connectivity index (χ2v) is 6.04. The second kappa shape index (κ2) is 5.32. The largest absolute Gasteiger partial charge is 0.497 e. The average Bonchev–Trinajstić information content (AvgIpc) is 3.12. The SMILES string of the molecule is COc1ccc2cc(C[C@H]3CO[C@H]4OCC[C@@H]34)ccc2c1. The highest BCUT2D eigenvalue weighted by Crippen LogP contribution is 2.37. The highest BCUT2D eigenvalue weighted by Gasteiger charge is 2.41.